The minimum Gasteiger partial charge on any atom is -0.508 e. The predicted octanol–water partition coefficient (Wildman–Crippen LogP) is 6.45. The van der Waals surface area contributed by atoms with E-state index >= 15 is 0 Å². The Morgan fingerprint density at radius 2 is 1.61 bits per heavy atom. The second kappa shape index (κ2) is 8.19. The number of hydrogen-bond donors (Lipinski definition) is 2. The number of benzene rings is 3. The highest BCUT2D eigenvalue weighted by Crippen LogP contribution is 2.36. The van der Waals surface area contributed by atoms with Gasteiger partial charge in [0.25, 0.3) is 0 Å². The van der Waals surface area contributed by atoms with Crippen LogP contribution in [0.4, 0.5) is 0 Å². The Hall–Kier alpha value is -1.95. The van der Waals surface area contributed by atoms with E-state index in [1.54, 1.807) is 6.07 Å². The molecule has 0 fully saturated rings. The van der Waals surface area contributed by atoms with Gasteiger partial charge in [0.15, 0.2) is 0 Å². The SMILES string of the molecule is Cc1ccc(C2=N[C@H](c3ccc(Br)cc3)N[C@H](c3cc(Br)ccc3O)C2)cc1. The molecular weight excluding hydrogens is 480 g/mol. The maximum atomic E-state index is 10.5. The predicted molar refractivity (Wildman–Crippen MR) is 121 cm³/mol. The summed E-state index contributed by atoms with van der Waals surface area (Å²) in [6.07, 6.45) is 0.529. The van der Waals surface area contributed by atoms with Gasteiger partial charge >= 0.3 is 0 Å². The number of aromatic hydroxyl groups is 1. The van der Waals surface area contributed by atoms with E-state index in [-0.39, 0.29) is 12.2 Å². The van der Waals surface area contributed by atoms with E-state index in [2.05, 4.69) is 80.5 Å². The lowest BCUT2D eigenvalue weighted by Gasteiger charge is -2.31. The summed E-state index contributed by atoms with van der Waals surface area (Å²) in [6, 6.07) is 22.2. The van der Waals surface area contributed by atoms with Gasteiger partial charge in [-0.2, -0.15) is 0 Å². The van der Waals surface area contributed by atoms with Crippen LogP contribution in [0.15, 0.2) is 80.7 Å². The van der Waals surface area contributed by atoms with Crippen LogP contribution in [0.2, 0.25) is 0 Å². The largest absolute Gasteiger partial charge is 0.508 e. The first-order chi connectivity index (χ1) is 13.5. The molecule has 1 aliphatic heterocycles. The maximum Gasteiger partial charge on any atom is 0.126 e. The Morgan fingerprint density at radius 1 is 0.929 bits per heavy atom. The fourth-order valence-electron chi connectivity index (χ4n) is 3.45. The monoisotopic (exact) mass is 498 g/mol. The zero-order chi connectivity index (χ0) is 19.7. The van der Waals surface area contributed by atoms with Crippen LogP contribution in [-0.2, 0) is 0 Å². The van der Waals surface area contributed by atoms with Crippen LogP contribution in [0.5, 0.6) is 5.75 Å². The fourth-order valence-corrected chi connectivity index (χ4v) is 4.09. The number of nitrogens with one attached hydrogen (secondary N) is 1. The van der Waals surface area contributed by atoms with Crippen molar-refractivity contribution in [2.75, 3.05) is 0 Å². The van der Waals surface area contributed by atoms with Crippen molar-refractivity contribution in [3.8, 4) is 5.75 Å². The summed E-state index contributed by atoms with van der Waals surface area (Å²) in [4.78, 5) is 5.01. The number of phenolic OH excluding ortho intramolecular Hbond substituents is 1. The minimum absolute atomic E-state index is 0.0417. The molecule has 0 bridgehead atoms. The van der Waals surface area contributed by atoms with Crippen molar-refractivity contribution in [1.82, 2.24) is 5.32 Å². The van der Waals surface area contributed by atoms with Crippen LogP contribution in [-0.4, -0.2) is 10.8 Å². The Labute approximate surface area is 181 Å². The molecule has 5 heteroatoms. The van der Waals surface area contributed by atoms with E-state index in [1.807, 2.05) is 24.3 Å². The molecule has 3 nitrogen and oxygen atoms in total. The molecule has 28 heavy (non-hydrogen) atoms. The molecule has 1 aliphatic rings. The van der Waals surface area contributed by atoms with Crippen molar-refractivity contribution in [1.29, 1.82) is 0 Å². The average Bonchev–Trinajstić information content (AvgIpc) is 2.70. The molecule has 142 valence electrons. The summed E-state index contributed by atoms with van der Waals surface area (Å²) in [5.41, 5.74) is 5.34. The van der Waals surface area contributed by atoms with E-state index in [1.165, 1.54) is 5.56 Å². The second-order valence-corrected chi connectivity index (χ2v) is 8.85. The quantitative estimate of drug-likeness (QED) is 0.435. The first-order valence-electron chi connectivity index (χ1n) is 9.13. The highest BCUT2D eigenvalue weighted by Gasteiger charge is 2.27. The third-order valence-corrected chi connectivity index (χ3v) is 6.00. The molecule has 0 radical (unpaired) electrons. The summed E-state index contributed by atoms with van der Waals surface area (Å²) in [6.45, 7) is 2.08. The summed E-state index contributed by atoms with van der Waals surface area (Å²) in [5.74, 6) is 0.292. The van der Waals surface area contributed by atoms with Crippen LogP contribution >= 0.6 is 31.9 Å². The summed E-state index contributed by atoms with van der Waals surface area (Å²) >= 11 is 7.02. The van der Waals surface area contributed by atoms with Crippen molar-refractivity contribution < 1.29 is 5.11 Å². The summed E-state index contributed by atoms with van der Waals surface area (Å²) in [7, 11) is 0. The maximum absolute atomic E-state index is 10.5. The van der Waals surface area contributed by atoms with Crippen molar-refractivity contribution in [2.24, 2.45) is 4.99 Å². The number of rotatable bonds is 3. The molecule has 3 aromatic rings. The molecular formula is C23H20Br2N2O. The van der Waals surface area contributed by atoms with Gasteiger partial charge in [-0.15, -0.1) is 0 Å². The van der Waals surface area contributed by atoms with E-state index in [9.17, 15) is 5.11 Å². The van der Waals surface area contributed by atoms with Crippen molar-refractivity contribution in [3.05, 3.63) is 97.9 Å². The molecule has 0 aromatic heterocycles. The number of phenols is 1. The van der Waals surface area contributed by atoms with Gasteiger partial charge in [-0.1, -0.05) is 73.8 Å². The third kappa shape index (κ3) is 4.22. The molecule has 0 saturated carbocycles. The van der Waals surface area contributed by atoms with Gasteiger partial charge in [0.05, 0.1) is 0 Å². The lowest BCUT2D eigenvalue weighted by atomic mass is 9.93. The number of halogens is 2. The average molecular weight is 500 g/mol. The lowest BCUT2D eigenvalue weighted by molar-refractivity contribution is 0.412. The summed E-state index contributed by atoms with van der Waals surface area (Å²) in [5, 5.41) is 14.1. The normalized spacial score (nSPS) is 19.3. The van der Waals surface area contributed by atoms with Crippen molar-refractivity contribution >= 4 is 37.6 Å². The van der Waals surface area contributed by atoms with E-state index in [0.29, 0.717) is 12.2 Å². The van der Waals surface area contributed by atoms with Crippen LogP contribution in [0.1, 0.15) is 40.9 Å². The van der Waals surface area contributed by atoms with E-state index in [4.69, 9.17) is 4.99 Å². The molecule has 2 N–H and O–H groups in total. The molecule has 0 saturated heterocycles. The topological polar surface area (TPSA) is 44.6 Å². The molecule has 2 atom stereocenters. The molecule has 0 unspecified atom stereocenters. The Kier molecular flexibility index (Phi) is 5.67. The van der Waals surface area contributed by atoms with Gasteiger partial charge in [0, 0.05) is 32.7 Å². The van der Waals surface area contributed by atoms with Gasteiger partial charge in [0.1, 0.15) is 11.9 Å². The van der Waals surface area contributed by atoms with Gasteiger partial charge in [-0.25, -0.2) is 0 Å². The highest BCUT2D eigenvalue weighted by molar-refractivity contribution is 9.10. The second-order valence-electron chi connectivity index (χ2n) is 7.02. The number of hydrogen-bond acceptors (Lipinski definition) is 3. The molecule has 3 aromatic carbocycles. The van der Waals surface area contributed by atoms with Crippen molar-refractivity contribution in [2.45, 2.75) is 25.6 Å². The Morgan fingerprint density at radius 3 is 2.32 bits per heavy atom. The summed E-state index contributed by atoms with van der Waals surface area (Å²) < 4.78 is 1.98. The zero-order valence-corrected chi connectivity index (χ0v) is 18.5. The van der Waals surface area contributed by atoms with Gasteiger partial charge in [-0.05, 0) is 48.4 Å². The highest BCUT2D eigenvalue weighted by atomic mass is 79.9. The fraction of sp³-hybridized carbons (Fsp3) is 0.174. The Bertz CT molecular complexity index is 1010. The molecule has 1 heterocycles. The van der Waals surface area contributed by atoms with Gasteiger partial charge in [-0.3, -0.25) is 10.3 Å². The number of aryl methyl sites for hydroxylation is 1. The van der Waals surface area contributed by atoms with Crippen LogP contribution in [0, 0.1) is 6.92 Å². The molecule has 0 amide bonds. The van der Waals surface area contributed by atoms with Crippen LogP contribution < -0.4 is 5.32 Å². The smallest absolute Gasteiger partial charge is 0.126 e. The zero-order valence-electron chi connectivity index (χ0n) is 15.4. The first kappa shape index (κ1) is 19.4. The van der Waals surface area contributed by atoms with Gasteiger partial charge < -0.3 is 5.11 Å². The van der Waals surface area contributed by atoms with E-state index in [0.717, 1.165) is 31.3 Å². The molecule has 0 aliphatic carbocycles. The Balaban J connectivity index is 1.76. The minimum atomic E-state index is -0.179. The third-order valence-electron chi connectivity index (χ3n) is 4.98. The van der Waals surface area contributed by atoms with Crippen LogP contribution in [0.25, 0.3) is 0 Å². The first-order valence-corrected chi connectivity index (χ1v) is 10.7. The standard InChI is InChI=1S/C23H20Br2N2O/c1-14-2-4-15(5-3-14)20-13-21(19-12-18(25)10-11-22(19)28)27-23(26-20)16-6-8-17(24)9-7-16/h2-12,21,23,27-28H,13H2,1H3/t21-,23-/m0/s1. The number of aliphatic imine (C=N–C) groups is 1. The van der Waals surface area contributed by atoms with Crippen molar-refractivity contribution in [3.63, 3.8) is 0 Å². The number of nitrogens with zero attached hydrogens (tertiary/aromatic N) is 1. The van der Waals surface area contributed by atoms with Crippen LogP contribution in [0.3, 0.4) is 0 Å². The lowest BCUT2D eigenvalue weighted by Crippen LogP contribution is -2.33. The molecule has 0 spiro atoms. The molecule has 4 rings (SSSR count). The van der Waals surface area contributed by atoms with Gasteiger partial charge in [0.2, 0.25) is 0 Å². The van der Waals surface area contributed by atoms with E-state index < -0.39 is 0 Å².